The Balaban J connectivity index is 2.59. The summed E-state index contributed by atoms with van der Waals surface area (Å²) in [5, 5.41) is 2.95. The van der Waals surface area contributed by atoms with Crippen molar-refractivity contribution in [2.75, 3.05) is 31.7 Å². The molecular weight excluding hydrogens is 266 g/mol. The van der Waals surface area contributed by atoms with E-state index in [1.807, 2.05) is 30.3 Å². The molecule has 4 N–H and O–H groups in total. The number of benzene rings is 1. The van der Waals surface area contributed by atoms with Crippen LogP contribution in [-0.2, 0) is 10.0 Å². The zero-order chi connectivity index (χ0) is 14.3. The van der Waals surface area contributed by atoms with E-state index in [0.29, 0.717) is 5.96 Å². The van der Waals surface area contributed by atoms with Crippen LogP contribution in [0.5, 0.6) is 0 Å². The smallest absolute Gasteiger partial charge is 0.215 e. The third-order valence-corrected chi connectivity index (χ3v) is 4.16. The molecule has 19 heavy (non-hydrogen) atoms. The topological polar surface area (TPSA) is 99.8 Å². The van der Waals surface area contributed by atoms with E-state index in [0.717, 1.165) is 5.69 Å². The first-order valence-electron chi connectivity index (χ1n) is 5.69. The number of para-hydroxylation sites is 1. The van der Waals surface area contributed by atoms with Crippen molar-refractivity contribution in [3.05, 3.63) is 30.3 Å². The van der Waals surface area contributed by atoms with Crippen LogP contribution in [0, 0.1) is 0 Å². The molecule has 1 aromatic rings. The highest BCUT2D eigenvalue weighted by Gasteiger charge is 2.12. The van der Waals surface area contributed by atoms with Crippen molar-refractivity contribution in [1.29, 1.82) is 0 Å². The van der Waals surface area contributed by atoms with E-state index in [9.17, 15) is 8.42 Å². The summed E-state index contributed by atoms with van der Waals surface area (Å²) in [5.41, 5.74) is 3.21. The molecule has 0 heterocycles. The van der Waals surface area contributed by atoms with Crippen molar-refractivity contribution < 1.29 is 8.42 Å². The maximum atomic E-state index is 11.5. The van der Waals surface area contributed by atoms with E-state index < -0.39 is 10.0 Å². The van der Waals surface area contributed by atoms with Gasteiger partial charge in [-0.25, -0.2) is 18.6 Å². The van der Waals surface area contributed by atoms with Gasteiger partial charge >= 0.3 is 0 Å². The molecular formula is C11H19N5O2S. The van der Waals surface area contributed by atoms with Gasteiger partial charge in [-0.2, -0.15) is 0 Å². The lowest BCUT2D eigenvalue weighted by Gasteiger charge is -2.11. The fraction of sp³-hybridized carbons (Fsp3) is 0.364. The normalized spacial score (nSPS) is 12.5. The molecule has 0 bridgehead atoms. The van der Waals surface area contributed by atoms with Crippen molar-refractivity contribution in [2.24, 2.45) is 10.8 Å². The summed E-state index contributed by atoms with van der Waals surface area (Å²) in [4.78, 5) is 4.07. The standard InChI is InChI=1S/C11H19N5O2S/c1-16(2)19(17,18)9-8-13-11(15-12)14-10-6-4-3-5-7-10/h3-7H,8-9,12H2,1-2H3,(H2,13,14,15). The summed E-state index contributed by atoms with van der Waals surface area (Å²) < 4.78 is 24.3. The Morgan fingerprint density at radius 2 is 1.95 bits per heavy atom. The molecule has 8 heteroatoms. The van der Waals surface area contributed by atoms with Crippen molar-refractivity contribution in [3.63, 3.8) is 0 Å². The Bertz CT molecular complexity index is 513. The van der Waals surface area contributed by atoms with E-state index in [-0.39, 0.29) is 12.3 Å². The SMILES string of the molecule is CN(C)S(=O)(=O)CCN=C(NN)Nc1ccccc1. The van der Waals surface area contributed by atoms with Gasteiger partial charge in [0.15, 0.2) is 0 Å². The van der Waals surface area contributed by atoms with Gasteiger partial charge in [0, 0.05) is 19.8 Å². The minimum absolute atomic E-state index is 0.0678. The zero-order valence-corrected chi connectivity index (χ0v) is 11.8. The Labute approximate surface area is 113 Å². The van der Waals surface area contributed by atoms with Gasteiger partial charge in [0.2, 0.25) is 16.0 Å². The molecule has 106 valence electrons. The average Bonchev–Trinajstić information content (AvgIpc) is 2.38. The lowest BCUT2D eigenvalue weighted by Crippen LogP contribution is -2.37. The molecule has 0 saturated carbocycles. The first-order chi connectivity index (χ1) is 8.95. The summed E-state index contributed by atoms with van der Waals surface area (Å²) in [6.45, 7) is 0.125. The van der Waals surface area contributed by atoms with Crippen molar-refractivity contribution in [1.82, 2.24) is 9.73 Å². The highest BCUT2D eigenvalue weighted by atomic mass is 32.2. The van der Waals surface area contributed by atoms with E-state index in [1.165, 1.54) is 18.4 Å². The van der Waals surface area contributed by atoms with Crippen molar-refractivity contribution in [3.8, 4) is 0 Å². The highest BCUT2D eigenvalue weighted by molar-refractivity contribution is 7.89. The molecule has 0 atom stereocenters. The Morgan fingerprint density at radius 1 is 1.32 bits per heavy atom. The summed E-state index contributed by atoms with van der Waals surface area (Å²) >= 11 is 0. The minimum Gasteiger partial charge on any atom is -0.325 e. The summed E-state index contributed by atoms with van der Waals surface area (Å²) in [6.07, 6.45) is 0. The number of hydrogen-bond donors (Lipinski definition) is 3. The molecule has 0 fully saturated rings. The second kappa shape index (κ2) is 7.07. The number of nitrogens with zero attached hydrogens (tertiary/aromatic N) is 2. The maximum Gasteiger partial charge on any atom is 0.215 e. The maximum absolute atomic E-state index is 11.5. The number of nitrogens with two attached hydrogens (primary N) is 1. The van der Waals surface area contributed by atoms with Gasteiger partial charge in [0.05, 0.1) is 12.3 Å². The number of anilines is 1. The van der Waals surface area contributed by atoms with Gasteiger partial charge in [0.25, 0.3) is 0 Å². The molecule has 0 aliphatic rings. The molecule has 7 nitrogen and oxygen atoms in total. The first kappa shape index (κ1) is 15.4. The van der Waals surface area contributed by atoms with Crippen LogP contribution in [0.2, 0.25) is 0 Å². The van der Waals surface area contributed by atoms with Crippen LogP contribution in [0.4, 0.5) is 5.69 Å². The third-order valence-electron chi connectivity index (χ3n) is 2.35. The highest BCUT2D eigenvalue weighted by Crippen LogP contribution is 2.04. The molecule has 0 aliphatic carbocycles. The molecule has 0 unspecified atom stereocenters. The van der Waals surface area contributed by atoms with E-state index >= 15 is 0 Å². The summed E-state index contributed by atoms with van der Waals surface area (Å²) in [5.74, 6) is 5.58. The molecule has 0 aliphatic heterocycles. The predicted octanol–water partition coefficient (Wildman–Crippen LogP) is -0.191. The van der Waals surface area contributed by atoms with Crippen LogP contribution in [0.15, 0.2) is 35.3 Å². The third kappa shape index (κ3) is 5.25. The van der Waals surface area contributed by atoms with Gasteiger partial charge in [-0.15, -0.1) is 0 Å². The van der Waals surface area contributed by atoms with Crippen molar-refractivity contribution in [2.45, 2.75) is 0 Å². The fourth-order valence-corrected chi connectivity index (χ4v) is 1.92. The number of hydrogen-bond acceptors (Lipinski definition) is 4. The number of nitrogens with one attached hydrogen (secondary N) is 2. The van der Waals surface area contributed by atoms with Gasteiger partial charge in [-0.3, -0.25) is 10.4 Å². The minimum atomic E-state index is -3.25. The van der Waals surface area contributed by atoms with Crippen LogP contribution in [0.25, 0.3) is 0 Å². The lowest BCUT2D eigenvalue weighted by atomic mass is 10.3. The first-order valence-corrected chi connectivity index (χ1v) is 7.30. The fourth-order valence-electron chi connectivity index (χ4n) is 1.23. The molecule has 0 spiro atoms. The number of sulfonamides is 1. The number of hydrazine groups is 1. The van der Waals surface area contributed by atoms with Crippen LogP contribution < -0.4 is 16.6 Å². The number of rotatable bonds is 5. The summed E-state index contributed by atoms with van der Waals surface area (Å²) in [6, 6.07) is 9.33. The predicted molar refractivity (Wildman–Crippen MR) is 77.2 cm³/mol. The molecule has 1 rings (SSSR count). The molecule has 0 radical (unpaired) electrons. The van der Waals surface area contributed by atoms with Crippen LogP contribution in [-0.4, -0.2) is 45.1 Å². The monoisotopic (exact) mass is 285 g/mol. The van der Waals surface area contributed by atoms with Gasteiger partial charge in [-0.1, -0.05) is 18.2 Å². The largest absolute Gasteiger partial charge is 0.325 e. The second-order valence-electron chi connectivity index (χ2n) is 3.96. The number of aliphatic imine (C=N–C) groups is 1. The van der Waals surface area contributed by atoms with Crippen LogP contribution in [0.1, 0.15) is 0 Å². The Hall–Kier alpha value is -1.64. The van der Waals surface area contributed by atoms with Crippen molar-refractivity contribution >= 4 is 21.7 Å². The average molecular weight is 285 g/mol. The Kier molecular flexibility index (Phi) is 5.74. The Morgan fingerprint density at radius 3 is 2.47 bits per heavy atom. The summed E-state index contributed by atoms with van der Waals surface area (Å²) in [7, 11) is -0.266. The van der Waals surface area contributed by atoms with E-state index in [4.69, 9.17) is 5.84 Å². The van der Waals surface area contributed by atoms with Crippen LogP contribution in [0.3, 0.4) is 0 Å². The van der Waals surface area contributed by atoms with Gasteiger partial charge < -0.3 is 5.32 Å². The quantitative estimate of drug-likeness (QED) is 0.301. The van der Waals surface area contributed by atoms with E-state index in [1.54, 1.807) is 0 Å². The van der Waals surface area contributed by atoms with Gasteiger partial charge in [-0.05, 0) is 12.1 Å². The zero-order valence-electron chi connectivity index (χ0n) is 11.0. The van der Waals surface area contributed by atoms with E-state index in [2.05, 4.69) is 15.7 Å². The molecule has 1 aromatic carbocycles. The number of guanidine groups is 1. The molecule has 0 amide bonds. The second-order valence-corrected chi connectivity index (χ2v) is 6.27. The lowest BCUT2D eigenvalue weighted by molar-refractivity contribution is 0.521. The molecule has 0 aromatic heterocycles. The van der Waals surface area contributed by atoms with Gasteiger partial charge in [0.1, 0.15) is 0 Å². The molecule has 0 saturated heterocycles. The van der Waals surface area contributed by atoms with Crippen LogP contribution >= 0.6 is 0 Å².